The summed E-state index contributed by atoms with van der Waals surface area (Å²) in [5.74, 6) is -2.42. The SMILES string of the molecule is NC(Cc1cc(F)cc(F)c1)c1ncccc1-c1ccc(F)c(S(N)(=O)=O)c1. The van der Waals surface area contributed by atoms with Crippen LogP contribution in [-0.2, 0) is 16.4 Å². The molecule has 28 heavy (non-hydrogen) atoms. The molecule has 1 heterocycles. The number of halogens is 3. The predicted octanol–water partition coefficient (Wildman–Crippen LogP) is 3.06. The molecule has 3 aromatic rings. The van der Waals surface area contributed by atoms with Crippen molar-refractivity contribution in [2.24, 2.45) is 10.9 Å². The molecule has 0 aliphatic carbocycles. The highest BCUT2D eigenvalue weighted by atomic mass is 32.2. The van der Waals surface area contributed by atoms with Crippen molar-refractivity contribution < 1.29 is 21.6 Å². The average Bonchev–Trinajstić information content (AvgIpc) is 2.60. The van der Waals surface area contributed by atoms with Crippen LogP contribution in [0.15, 0.2) is 59.6 Å². The van der Waals surface area contributed by atoms with Crippen LogP contribution in [0.1, 0.15) is 17.3 Å². The first kappa shape index (κ1) is 20.0. The van der Waals surface area contributed by atoms with E-state index < -0.39 is 38.4 Å². The lowest BCUT2D eigenvalue weighted by Crippen LogP contribution is -2.17. The maximum Gasteiger partial charge on any atom is 0.240 e. The van der Waals surface area contributed by atoms with Gasteiger partial charge in [-0.15, -0.1) is 0 Å². The van der Waals surface area contributed by atoms with Crippen LogP contribution < -0.4 is 10.9 Å². The molecule has 3 rings (SSSR count). The minimum atomic E-state index is -4.27. The number of nitrogens with two attached hydrogens (primary N) is 2. The topological polar surface area (TPSA) is 99.1 Å². The standard InChI is InChI=1S/C19H16F3N3O2S/c20-13-6-11(7-14(21)10-13)8-17(23)19-15(2-1-5-25-19)12-3-4-16(22)18(9-12)28(24,26)27/h1-7,9-10,17H,8,23H2,(H2,24,26,27). The van der Waals surface area contributed by atoms with Crippen molar-refractivity contribution in [1.29, 1.82) is 0 Å². The van der Waals surface area contributed by atoms with E-state index in [1.807, 2.05) is 0 Å². The third-order valence-electron chi connectivity index (χ3n) is 4.12. The molecule has 0 radical (unpaired) electrons. The van der Waals surface area contributed by atoms with Gasteiger partial charge in [-0.05, 0) is 47.9 Å². The van der Waals surface area contributed by atoms with Gasteiger partial charge in [0.25, 0.3) is 0 Å². The molecule has 1 unspecified atom stereocenters. The zero-order valence-corrected chi connectivity index (χ0v) is 15.3. The van der Waals surface area contributed by atoms with E-state index in [9.17, 15) is 21.6 Å². The molecule has 5 nitrogen and oxygen atoms in total. The third-order valence-corrected chi connectivity index (χ3v) is 5.04. The summed E-state index contributed by atoms with van der Waals surface area (Å²) in [5, 5.41) is 5.05. The van der Waals surface area contributed by atoms with Gasteiger partial charge in [-0.1, -0.05) is 12.1 Å². The zero-order valence-electron chi connectivity index (χ0n) is 14.4. The Labute approximate surface area is 159 Å². The monoisotopic (exact) mass is 407 g/mol. The van der Waals surface area contributed by atoms with E-state index in [0.717, 1.165) is 18.2 Å². The Morgan fingerprint density at radius 2 is 1.68 bits per heavy atom. The summed E-state index contributed by atoms with van der Waals surface area (Å²) in [6.45, 7) is 0. The molecule has 146 valence electrons. The first-order valence-corrected chi connectivity index (χ1v) is 9.68. The van der Waals surface area contributed by atoms with Gasteiger partial charge in [0.05, 0.1) is 11.7 Å². The van der Waals surface area contributed by atoms with Crippen molar-refractivity contribution in [3.63, 3.8) is 0 Å². The van der Waals surface area contributed by atoms with E-state index in [4.69, 9.17) is 10.9 Å². The third kappa shape index (κ3) is 4.38. The maximum absolute atomic E-state index is 13.8. The highest BCUT2D eigenvalue weighted by Gasteiger charge is 2.19. The highest BCUT2D eigenvalue weighted by molar-refractivity contribution is 7.89. The predicted molar refractivity (Wildman–Crippen MR) is 98.0 cm³/mol. The Morgan fingerprint density at radius 3 is 2.32 bits per heavy atom. The number of hydrogen-bond acceptors (Lipinski definition) is 4. The molecular formula is C19H16F3N3O2S. The first-order chi connectivity index (χ1) is 13.1. The van der Waals surface area contributed by atoms with Gasteiger partial charge in [0, 0.05) is 17.8 Å². The molecule has 0 bridgehead atoms. The van der Waals surface area contributed by atoms with Crippen LogP contribution in [-0.4, -0.2) is 13.4 Å². The fourth-order valence-electron chi connectivity index (χ4n) is 2.93. The molecule has 4 N–H and O–H groups in total. The van der Waals surface area contributed by atoms with Crippen molar-refractivity contribution in [2.75, 3.05) is 0 Å². The summed E-state index contributed by atoms with van der Waals surface area (Å²) in [5.41, 5.74) is 7.69. The maximum atomic E-state index is 13.8. The van der Waals surface area contributed by atoms with Crippen LogP contribution >= 0.6 is 0 Å². The van der Waals surface area contributed by atoms with E-state index in [0.29, 0.717) is 22.4 Å². The highest BCUT2D eigenvalue weighted by Crippen LogP contribution is 2.30. The van der Waals surface area contributed by atoms with Crippen molar-refractivity contribution in [3.05, 3.63) is 83.4 Å². The molecule has 0 saturated heterocycles. The minimum Gasteiger partial charge on any atom is -0.322 e. The molecule has 2 aromatic carbocycles. The van der Waals surface area contributed by atoms with Crippen LogP contribution in [0.4, 0.5) is 13.2 Å². The largest absolute Gasteiger partial charge is 0.322 e. The minimum absolute atomic E-state index is 0.0853. The van der Waals surface area contributed by atoms with Gasteiger partial charge in [0.1, 0.15) is 22.3 Å². The van der Waals surface area contributed by atoms with Crippen LogP contribution in [0.25, 0.3) is 11.1 Å². The van der Waals surface area contributed by atoms with Crippen LogP contribution in [0.2, 0.25) is 0 Å². The van der Waals surface area contributed by atoms with E-state index in [-0.39, 0.29) is 6.42 Å². The summed E-state index contributed by atoms with van der Waals surface area (Å²) >= 11 is 0. The quantitative estimate of drug-likeness (QED) is 0.679. The van der Waals surface area contributed by atoms with Gasteiger partial charge in [-0.2, -0.15) is 0 Å². The van der Waals surface area contributed by atoms with Gasteiger partial charge in [-0.3, -0.25) is 4.98 Å². The second-order valence-electron chi connectivity index (χ2n) is 6.21. The smallest absolute Gasteiger partial charge is 0.240 e. The summed E-state index contributed by atoms with van der Waals surface area (Å²) in [7, 11) is -4.27. The Kier molecular flexibility index (Phi) is 5.50. The van der Waals surface area contributed by atoms with Gasteiger partial charge >= 0.3 is 0 Å². The molecule has 0 fully saturated rings. The fourth-order valence-corrected chi connectivity index (χ4v) is 3.56. The van der Waals surface area contributed by atoms with Crippen molar-refractivity contribution in [2.45, 2.75) is 17.4 Å². The molecule has 0 aliphatic rings. The Morgan fingerprint density at radius 1 is 1.00 bits per heavy atom. The van der Waals surface area contributed by atoms with Gasteiger partial charge in [0.15, 0.2) is 0 Å². The molecule has 1 aromatic heterocycles. The number of hydrogen-bond donors (Lipinski definition) is 2. The molecule has 9 heteroatoms. The summed E-state index contributed by atoms with van der Waals surface area (Å²) in [4.78, 5) is 3.57. The Hall–Kier alpha value is -2.75. The molecular weight excluding hydrogens is 391 g/mol. The lowest BCUT2D eigenvalue weighted by atomic mass is 9.96. The molecule has 0 spiro atoms. The zero-order chi connectivity index (χ0) is 20.5. The average molecular weight is 407 g/mol. The first-order valence-electron chi connectivity index (χ1n) is 8.13. The number of aromatic nitrogens is 1. The van der Waals surface area contributed by atoms with Crippen LogP contribution in [0.3, 0.4) is 0 Å². The molecule has 0 saturated carbocycles. The summed E-state index contributed by atoms with van der Waals surface area (Å²) in [6.07, 6.45) is 1.57. The van der Waals surface area contributed by atoms with Gasteiger partial charge in [0.2, 0.25) is 10.0 Å². The van der Waals surface area contributed by atoms with E-state index >= 15 is 0 Å². The number of nitrogens with zero attached hydrogens (tertiary/aromatic N) is 1. The van der Waals surface area contributed by atoms with Gasteiger partial charge < -0.3 is 5.73 Å². The van der Waals surface area contributed by atoms with Crippen LogP contribution in [0.5, 0.6) is 0 Å². The second-order valence-corrected chi connectivity index (χ2v) is 7.74. The Balaban J connectivity index is 2.02. The number of primary sulfonamides is 1. The normalized spacial score (nSPS) is 12.8. The lowest BCUT2D eigenvalue weighted by Gasteiger charge is -2.16. The molecule has 0 aliphatic heterocycles. The summed E-state index contributed by atoms with van der Waals surface area (Å²) in [6, 6.07) is 9.04. The fraction of sp³-hybridized carbons (Fsp3) is 0.105. The number of rotatable bonds is 5. The van der Waals surface area contributed by atoms with Crippen LogP contribution in [0, 0.1) is 17.5 Å². The van der Waals surface area contributed by atoms with Crippen molar-refractivity contribution in [3.8, 4) is 11.1 Å². The summed E-state index contributed by atoms with van der Waals surface area (Å²) < 4.78 is 63.8. The van der Waals surface area contributed by atoms with Gasteiger partial charge in [-0.25, -0.2) is 26.7 Å². The van der Waals surface area contributed by atoms with E-state index in [1.54, 1.807) is 12.1 Å². The number of pyridine rings is 1. The lowest BCUT2D eigenvalue weighted by molar-refractivity contribution is 0.568. The van der Waals surface area contributed by atoms with Crippen molar-refractivity contribution in [1.82, 2.24) is 4.98 Å². The van der Waals surface area contributed by atoms with E-state index in [2.05, 4.69) is 4.98 Å². The second kappa shape index (κ2) is 7.70. The number of benzene rings is 2. The molecule has 0 amide bonds. The van der Waals surface area contributed by atoms with E-state index in [1.165, 1.54) is 24.4 Å². The molecule has 1 atom stereocenters. The number of sulfonamides is 1. The van der Waals surface area contributed by atoms with Crippen molar-refractivity contribution >= 4 is 10.0 Å². The Bertz CT molecular complexity index is 1120.